The van der Waals surface area contributed by atoms with E-state index in [1.807, 2.05) is 47.4 Å². The maximum atomic E-state index is 13.1. The molecular formula is C23H25N5O4S. The van der Waals surface area contributed by atoms with Crippen LogP contribution in [0.3, 0.4) is 0 Å². The van der Waals surface area contributed by atoms with E-state index in [1.165, 1.54) is 16.4 Å². The Balaban J connectivity index is 1.28. The van der Waals surface area contributed by atoms with Gasteiger partial charge in [-0.25, -0.2) is 4.68 Å². The summed E-state index contributed by atoms with van der Waals surface area (Å²) in [7, 11) is 1.60. The summed E-state index contributed by atoms with van der Waals surface area (Å²) in [6, 6.07) is 13.4. The van der Waals surface area contributed by atoms with Crippen LogP contribution in [0.4, 0.5) is 0 Å². The summed E-state index contributed by atoms with van der Waals surface area (Å²) < 4.78 is 18.1. The Labute approximate surface area is 195 Å². The number of benzene rings is 2. The van der Waals surface area contributed by atoms with Crippen LogP contribution in [0.25, 0.3) is 11.4 Å². The van der Waals surface area contributed by atoms with Crippen LogP contribution in [0.2, 0.25) is 0 Å². The lowest BCUT2D eigenvalue weighted by Crippen LogP contribution is -2.32. The smallest absolute Gasteiger partial charge is 0.233 e. The number of ether oxygens (including phenoxy) is 3. The Hall–Kier alpha value is -3.40. The van der Waals surface area contributed by atoms with Gasteiger partial charge in [-0.3, -0.25) is 4.79 Å². The summed E-state index contributed by atoms with van der Waals surface area (Å²) in [5.41, 5.74) is 1.81. The monoisotopic (exact) mass is 467 g/mol. The topological polar surface area (TPSA) is 105 Å². The molecular weight excluding hydrogens is 442 g/mol. The number of hydrogen-bond acceptors (Lipinski definition) is 8. The summed E-state index contributed by atoms with van der Waals surface area (Å²) in [4.78, 5) is 15.0. The number of para-hydroxylation sites is 1. The van der Waals surface area contributed by atoms with E-state index in [4.69, 9.17) is 20.1 Å². The fraction of sp³-hybridized carbons (Fsp3) is 0.348. The Kier molecular flexibility index (Phi) is 5.99. The number of amides is 1. The van der Waals surface area contributed by atoms with E-state index in [-0.39, 0.29) is 17.7 Å². The molecule has 1 unspecified atom stereocenters. The number of likely N-dealkylation sites (tertiary alicyclic amines) is 1. The zero-order valence-corrected chi connectivity index (χ0v) is 19.1. The number of thioether (sulfide) groups is 1. The highest BCUT2D eigenvalue weighted by Gasteiger charge is 2.31. The third-order valence-corrected chi connectivity index (χ3v) is 6.79. The van der Waals surface area contributed by atoms with Crippen LogP contribution in [0, 0.1) is 0 Å². The highest BCUT2D eigenvalue weighted by Crippen LogP contribution is 2.38. The molecule has 33 heavy (non-hydrogen) atoms. The molecule has 1 saturated heterocycles. The summed E-state index contributed by atoms with van der Waals surface area (Å²) in [6.07, 6.45) is 1.88. The number of nitrogens with two attached hydrogens (primary N) is 1. The second-order valence-corrected chi connectivity index (χ2v) is 8.76. The number of aromatic nitrogens is 3. The quantitative estimate of drug-likeness (QED) is 0.436. The molecule has 1 atom stereocenters. The number of fused-ring (bicyclic) bond motifs is 1. The first-order valence-corrected chi connectivity index (χ1v) is 11.8. The predicted octanol–water partition coefficient (Wildman–Crippen LogP) is 2.89. The standard InChI is InChI=1S/C23H25N5O4S/c1-30-18-7-3-2-5-16(18)22-25-26-23(28(22)24)33-14-21(29)27-10-4-6-17(27)15-8-9-19-20(13-15)32-12-11-31-19/h2-3,5,7-9,13,17H,4,6,10-12,14,24H2,1H3. The molecule has 172 valence electrons. The molecule has 2 aliphatic heterocycles. The van der Waals surface area contributed by atoms with Crippen LogP contribution >= 0.6 is 11.8 Å². The average Bonchev–Trinajstić information content (AvgIpc) is 3.49. The second-order valence-electron chi connectivity index (χ2n) is 7.81. The van der Waals surface area contributed by atoms with Gasteiger partial charge in [-0.2, -0.15) is 0 Å². The predicted molar refractivity (Wildman–Crippen MR) is 124 cm³/mol. The second kappa shape index (κ2) is 9.22. The van der Waals surface area contributed by atoms with Gasteiger partial charge in [-0.05, 0) is 42.7 Å². The van der Waals surface area contributed by atoms with Crippen molar-refractivity contribution < 1.29 is 19.0 Å². The minimum Gasteiger partial charge on any atom is -0.496 e. The number of carbonyl (C=O) groups excluding carboxylic acids is 1. The van der Waals surface area contributed by atoms with Crippen molar-refractivity contribution >= 4 is 17.7 Å². The molecule has 2 aromatic carbocycles. The number of nitrogen functional groups attached to an aromatic ring is 1. The first-order valence-electron chi connectivity index (χ1n) is 10.8. The van der Waals surface area contributed by atoms with Crippen molar-refractivity contribution in [1.29, 1.82) is 0 Å². The van der Waals surface area contributed by atoms with Gasteiger partial charge in [0.1, 0.15) is 19.0 Å². The zero-order chi connectivity index (χ0) is 22.8. The molecule has 1 aromatic heterocycles. The largest absolute Gasteiger partial charge is 0.496 e. The number of methoxy groups -OCH3 is 1. The van der Waals surface area contributed by atoms with Crippen LogP contribution in [0.5, 0.6) is 17.2 Å². The van der Waals surface area contributed by atoms with Crippen molar-refractivity contribution in [2.75, 3.05) is 38.5 Å². The highest BCUT2D eigenvalue weighted by atomic mass is 32.2. The summed E-state index contributed by atoms with van der Waals surface area (Å²) in [5, 5.41) is 8.87. The van der Waals surface area contributed by atoms with Crippen LogP contribution < -0.4 is 20.1 Å². The van der Waals surface area contributed by atoms with Gasteiger partial charge in [-0.15, -0.1) is 10.2 Å². The van der Waals surface area contributed by atoms with E-state index in [0.717, 1.165) is 42.0 Å². The number of nitrogens with zero attached hydrogens (tertiary/aromatic N) is 4. The minimum absolute atomic E-state index is 0.0220. The molecule has 9 nitrogen and oxygen atoms in total. The number of rotatable bonds is 6. The lowest BCUT2D eigenvalue weighted by molar-refractivity contribution is -0.129. The van der Waals surface area contributed by atoms with E-state index in [0.29, 0.717) is 29.9 Å². The molecule has 1 amide bonds. The van der Waals surface area contributed by atoms with Crippen LogP contribution in [0.1, 0.15) is 24.4 Å². The third-order valence-electron chi connectivity index (χ3n) is 5.86. The van der Waals surface area contributed by atoms with Gasteiger partial charge in [-0.1, -0.05) is 30.0 Å². The van der Waals surface area contributed by atoms with Crippen molar-refractivity contribution in [3.63, 3.8) is 0 Å². The van der Waals surface area contributed by atoms with Crippen molar-refractivity contribution in [3.8, 4) is 28.6 Å². The van der Waals surface area contributed by atoms with E-state index in [1.54, 1.807) is 7.11 Å². The molecule has 10 heteroatoms. The Morgan fingerprint density at radius 1 is 1.18 bits per heavy atom. The van der Waals surface area contributed by atoms with E-state index < -0.39 is 0 Å². The Morgan fingerprint density at radius 2 is 2.00 bits per heavy atom. The maximum absolute atomic E-state index is 13.1. The SMILES string of the molecule is COc1ccccc1-c1nnc(SCC(=O)N2CCCC2c2ccc3c(c2)OCCO3)n1N. The molecule has 0 spiro atoms. The Morgan fingerprint density at radius 3 is 2.85 bits per heavy atom. The van der Waals surface area contributed by atoms with Crippen molar-refractivity contribution in [2.45, 2.75) is 24.0 Å². The summed E-state index contributed by atoms with van der Waals surface area (Å²) in [6.45, 7) is 1.82. The molecule has 2 N–H and O–H groups in total. The molecule has 3 heterocycles. The fourth-order valence-electron chi connectivity index (χ4n) is 4.28. The van der Waals surface area contributed by atoms with E-state index in [2.05, 4.69) is 10.2 Å². The first-order chi connectivity index (χ1) is 16.2. The molecule has 5 rings (SSSR count). The minimum atomic E-state index is 0.0220. The molecule has 1 fully saturated rings. The van der Waals surface area contributed by atoms with Crippen LogP contribution in [0.15, 0.2) is 47.6 Å². The van der Waals surface area contributed by atoms with Crippen molar-refractivity contribution in [2.24, 2.45) is 0 Å². The maximum Gasteiger partial charge on any atom is 0.233 e. The highest BCUT2D eigenvalue weighted by molar-refractivity contribution is 7.99. The number of hydrogen-bond donors (Lipinski definition) is 1. The van der Waals surface area contributed by atoms with Gasteiger partial charge < -0.3 is 25.0 Å². The first kappa shape index (κ1) is 21.4. The van der Waals surface area contributed by atoms with Crippen molar-refractivity contribution in [3.05, 3.63) is 48.0 Å². The van der Waals surface area contributed by atoms with Crippen LogP contribution in [-0.4, -0.2) is 58.3 Å². The molecule has 3 aromatic rings. The summed E-state index contributed by atoms with van der Waals surface area (Å²) in [5.74, 6) is 9.15. The van der Waals surface area contributed by atoms with Gasteiger partial charge >= 0.3 is 0 Å². The van der Waals surface area contributed by atoms with Gasteiger partial charge in [0.05, 0.1) is 24.5 Å². The normalized spacial score (nSPS) is 17.2. The fourth-order valence-corrected chi connectivity index (χ4v) is 5.02. The van der Waals surface area contributed by atoms with Gasteiger partial charge in [0.25, 0.3) is 0 Å². The molecule has 0 aliphatic carbocycles. The van der Waals surface area contributed by atoms with Gasteiger partial charge in [0.15, 0.2) is 17.3 Å². The zero-order valence-electron chi connectivity index (χ0n) is 18.3. The van der Waals surface area contributed by atoms with Crippen molar-refractivity contribution in [1.82, 2.24) is 19.8 Å². The van der Waals surface area contributed by atoms with E-state index >= 15 is 0 Å². The Bertz CT molecular complexity index is 1170. The average molecular weight is 468 g/mol. The van der Waals surface area contributed by atoms with Gasteiger partial charge in [0, 0.05) is 6.54 Å². The third kappa shape index (κ3) is 4.18. The molecule has 0 radical (unpaired) electrons. The van der Waals surface area contributed by atoms with Gasteiger partial charge in [0.2, 0.25) is 11.1 Å². The number of carbonyl (C=O) groups is 1. The molecule has 0 saturated carbocycles. The lowest BCUT2D eigenvalue weighted by atomic mass is 10.0. The molecule has 2 aliphatic rings. The van der Waals surface area contributed by atoms with Crippen LogP contribution in [-0.2, 0) is 4.79 Å². The summed E-state index contributed by atoms with van der Waals surface area (Å²) >= 11 is 1.28. The molecule has 0 bridgehead atoms. The van der Waals surface area contributed by atoms with E-state index in [9.17, 15) is 4.79 Å². The lowest BCUT2D eigenvalue weighted by Gasteiger charge is -2.26.